The molecule has 20 nitrogen and oxygen atoms in total. The summed E-state index contributed by atoms with van der Waals surface area (Å²) in [5.41, 5.74) is 0. The quantitative estimate of drug-likeness (QED) is 0.0215. The van der Waals surface area contributed by atoms with Gasteiger partial charge in [-0.25, -0.2) is 9.59 Å². The first-order chi connectivity index (χ1) is 43.5. The zero-order chi connectivity index (χ0) is 66.4. The number of hydrogen-bond donors (Lipinski definition) is 5. The second kappa shape index (κ2) is 56.0. The van der Waals surface area contributed by atoms with Gasteiger partial charge in [-0.2, -0.15) is 0 Å². The number of carboxylic acids is 1. The predicted molar refractivity (Wildman–Crippen MR) is 347 cm³/mol. The topological polar surface area (TPSA) is 286 Å². The molecule has 1 saturated heterocycles. The van der Waals surface area contributed by atoms with E-state index in [-0.39, 0.29) is 32.1 Å². The second-order valence-electron chi connectivity index (χ2n) is 25.1. The molecule has 5 N–H and O–H groups in total. The number of aliphatic carboxylic acids is 1. The molecular weight excluding hydrogens is 1160 g/mol. The maximum Gasteiger partial charge on any atom is 0.506 e. The smallest absolute Gasteiger partial charge is 0.480 e. The molecular formula is C70H126N2O18. The fourth-order valence-electron chi connectivity index (χ4n) is 11.4. The molecule has 0 saturated carbocycles. The van der Waals surface area contributed by atoms with E-state index in [1.165, 1.54) is 51.4 Å². The van der Waals surface area contributed by atoms with Crippen molar-refractivity contribution in [3.63, 3.8) is 0 Å². The zero-order valence-corrected chi connectivity index (χ0v) is 56.9. The average Bonchev–Trinajstić information content (AvgIpc) is 1.12. The van der Waals surface area contributed by atoms with Gasteiger partial charge in [-0.1, -0.05) is 234 Å². The minimum Gasteiger partial charge on any atom is -0.480 e. The highest BCUT2D eigenvalue weighted by Crippen LogP contribution is 2.30. The van der Waals surface area contributed by atoms with Crippen molar-refractivity contribution >= 4 is 47.8 Å². The summed E-state index contributed by atoms with van der Waals surface area (Å²) in [7, 11) is 0. The lowest BCUT2D eigenvalue weighted by atomic mass is 9.95. The number of carbonyl (C=O) groups excluding carboxylic acids is 6. The van der Waals surface area contributed by atoms with Gasteiger partial charge in [-0.3, -0.25) is 28.8 Å². The van der Waals surface area contributed by atoms with E-state index in [9.17, 15) is 53.7 Å². The molecule has 1 heterocycles. The molecule has 9 atom stereocenters. The highest BCUT2D eigenvalue weighted by atomic mass is 16.7. The molecule has 1 aliphatic rings. The summed E-state index contributed by atoms with van der Waals surface area (Å²) in [6.45, 7) is 10.8. The normalized spacial score (nSPS) is 17.7. The number of aliphatic hydroxyl groups is 1. The highest BCUT2D eigenvalue weighted by molar-refractivity contribution is 5.84. The maximum atomic E-state index is 14.6. The van der Waals surface area contributed by atoms with Crippen LogP contribution in [0.15, 0.2) is 0 Å². The molecule has 90 heavy (non-hydrogen) atoms. The lowest BCUT2D eigenvalue weighted by Gasteiger charge is -2.45. The van der Waals surface area contributed by atoms with Crippen LogP contribution in [0.3, 0.4) is 0 Å². The van der Waals surface area contributed by atoms with Gasteiger partial charge in [0.25, 0.3) is 0 Å². The highest BCUT2D eigenvalue weighted by Gasteiger charge is 2.52. The van der Waals surface area contributed by atoms with Crippen molar-refractivity contribution in [2.24, 2.45) is 0 Å². The van der Waals surface area contributed by atoms with Crippen LogP contribution in [0.25, 0.3) is 0 Å². The van der Waals surface area contributed by atoms with E-state index < -0.39 is 122 Å². The fraction of sp³-hybridized carbons (Fsp3) is 0.886. The number of rotatable bonds is 60. The van der Waals surface area contributed by atoms with Crippen molar-refractivity contribution in [3.05, 3.63) is 0 Å². The van der Waals surface area contributed by atoms with Crippen LogP contribution in [0, 0.1) is 0 Å². The molecule has 0 spiro atoms. The SMILES string of the molecule is CCCCCCCCCCC[C@H](CC(=O)NC1C(OC(=O)C[C@@H](CCCCCCCCCCC)OC(=O)CCCCC)[C@H](OC(=O)O)C(CO)O[C@H]1OC[C@H](NC(=O)C[C@@H](CCCCCCCCCCC)OC(=O)CCCCC)C(=O)O)OC(=O)CCCCC. The standard InChI is InChI=1S/C70H126N2O18/c1-7-13-19-22-25-28-31-34-40-43-54(85-61(76)46-37-16-10-4)49-59(74)71-57(68(80)81)53-84-69-65(72-60(75)50-55(86-62(77)47-38-17-11-5)44-41-35-32-29-26-23-20-14-8-2)67(66(90-70(82)83)58(52-73)88-69)89-64(79)51-56(87-63(78)48-39-18-12-6)45-42-36-33-30-27-24-21-15-9-3/h54-58,65-67,69,73H,7-53H2,1-6H3,(H,71,74)(H,72,75)(H,80,81)(H,82,83)/t54-,55-,56-,57+,58?,65?,66-,67?,69-/m1/s1. The van der Waals surface area contributed by atoms with Gasteiger partial charge in [-0.05, 0) is 57.8 Å². The third kappa shape index (κ3) is 43.3. The summed E-state index contributed by atoms with van der Waals surface area (Å²) in [6.07, 6.45) is 23.7. The Balaban J connectivity index is 3.73. The Morgan fingerprint density at radius 3 is 1.11 bits per heavy atom. The van der Waals surface area contributed by atoms with E-state index in [0.29, 0.717) is 57.8 Å². The van der Waals surface area contributed by atoms with Crippen LogP contribution in [-0.4, -0.2) is 131 Å². The number of ether oxygens (including phenoxy) is 7. The minimum absolute atomic E-state index is 0.134. The zero-order valence-electron chi connectivity index (χ0n) is 56.9. The maximum absolute atomic E-state index is 14.6. The van der Waals surface area contributed by atoms with Crippen molar-refractivity contribution in [1.29, 1.82) is 0 Å². The van der Waals surface area contributed by atoms with Gasteiger partial charge in [0.2, 0.25) is 11.8 Å². The van der Waals surface area contributed by atoms with E-state index in [4.69, 9.17) is 33.2 Å². The largest absolute Gasteiger partial charge is 0.506 e. The molecule has 3 unspecified atom stereocenters. The third-order valence-corrected chi connectivity index (χ3v) is 16.7. The molecule has 1 aliphatic heterocycles. The summed E-state index contributed by atoms with van der Waals surface area (Å²) >= 11 is 0. The molecule has 1 rings (SSSR count). The molecule has 0 aromatic carbocycles. The summed E-state index contributed by atoms with van der Waals surface area (Å²) in [5, 5.41) is 36.7. The monoisotopic (exact) mass is 1280 g/mol. The van der Waals surface area contributed by atoms with Gasteiger partial charge in [0.05, 0.1) is 32.5 Å². The first-order valence-corrected chi connectivity index (χ1v) is 35.9. The van der Waals surface area contributed by atoms with Crippen LogP contribution in [-0.2, 0) is 66.7 Å². The van der Waals surface area contributed by atoms with Crippen LogP contribution in [0.4, 0.5) is 4.79 Å². The Labute approximate surface area is 541 Å². The molecule has 0 bridgehead atoms. The van der Waals surface area contributed by atoms with Crippen molar-refractivity contribution in [1.82, 2.24) is 10.6 Å². The summed E-state index contributed by atoms with van der Waals surface area (Å²) < 4.78 is 41.3. The molecule has 0 aromatic heterocycles. The van der Waals surface area contributed by atoms with Gasteiger partial charge >= 0.3 is 36.0 Å². The fourth-order valence-corrected chi connectivity index (χ4v) is 11.4. The van der Waals surface area contributed by atoms with E-state index >= 15 is 0 Å². The van der Waals surface area contributed by atoms with Gasteiger partial charge in [-0.15, -0.1) is 0 Å². The number of amides is 2. The van der Waals surface area contributed by atoms with Gasteiger partial charge in [0.15, 0.2) is 24.5 Å². The number of hydrogen-bond acceptors (Lipinski definition) is 16. The minimum atomic E-state index is -1.84. The predicted octanol–water partition coefficient (Wildman–Crippen LogP) is 15.2. The number of carbonyl (C=O) groups is 8. The summed E-state index contributed by atoms with van der Waals surface area (Å²) in [5.74, 6) is -5.42. The average molecular weight is 1280 g/mol. The lowest BCUT2D eigenvalue weighted by molar-refractivity contribution is -0.275. The van der Waals surface area contributed by atoms with Crippen LogP contribution < -0.4 is 10.6 Å². The van der Waals surface area contributed by atoms with E-state index in [2.05, 4.69) is 31.4 Å². The Morgan fingerprint density at radius 2 is 0.756 bits per heavy atom. The van der Waals surface area contributed by atoms with Crippen molar-refractivity contribution in [2.45, 2.75) is 385 Å². The van der Waals surface area contributed by atoms with Crippen LogP contribution in [0.5, 0.6) is 0 Å². The molecule has 0 aromatic rings. The number of esters is 4. The number of nitrogens with one attached hydrogen (secondary N) is 2. The van der Waals surface area contributed by atoms with E-state index in [1.54, 1.807) is 0 Å². The van der Waals surface area contributed by atoms with Crippen molar-refractivity contribution < 1.29 is 86.8 Å². The number of carboxylic acid groups (broad SMARTS) is 2. The Morgan fingerprint density at radius 1 is 0.411 bits per heavy atom. The molecule has 524 valence electrons. The van der Waals surface area contributed by atoms with Gasteiger partial charge in [0.1, 0.15) is 30.5 Å². The first-order valence-electron chi connectivity index (χ1n) is 35.9. The van der Waals surface area contributed by atoms with Crippen molar-refractivity contribution in [3.8, 4) is 0 Å². The van der Waals surface area contributed by atoms with Crippen LogP contribution in [0.2, 0.25) is 0 Å². The summed E-state index contributed by atoms with van der Waals surface area (Å²) in [4.78, 5) is 108. The summed E-state index contributed by atoms with van der Waals surface area (Å²) in [6, 6.07) is -3.46. The van der Waals surface area contributed by atoms with E-state index in [1.807, 2.05) is 20.8 Å². The Kier molecular flexibility index (Phi) is 51.9. The molecule has 2 amide bonds. The van der Waals surface area contributed by atoms with Gasteiger partial charge < -0.3 is 59.1 Å². The van der Waals surface area contributed by atoms with Crippen molar-refractivity contribution in [2.75, 3.05) is 13.2 Å². The third-order valence-electron chi connectivity index (χ3n) is 16.7. The first kappa shape index (κ1) is 83.5. The van der Waals surface area contributed by atoms with Gasteiger partial charge in [0, 0.05) is 19.3 Å². The molecule has 0 radical (unpaired) electrons. The molecule has 20 heteroatoms. The number of aliphatic hydroxyl groups excluding tert-OH is 1. The van der Waals surface area contributed by atoms with Crippen LogP contribution in [0.1, 0.15) is 330 Å². The van der Waals surface area contributed by atoms with Crippen LogP contribution >= 0.6 is 0 Å². The molecule has 1 fully saturated rings. The lowest BCUT2D eigenvalue weighted by Crippen LogP contribution is -2.67. The Hall–Kier alpha value is -4.56. The Bertz CT molecular complexity index is 1890. The molecule has 0 aliphatic carbocycles. The van der Waals surface area contributed by atoms with E-state index in [0.717, 1.165) is 141 Å². The second-order valence-corrected chi connectivity index (χ2v) is 25.1. The number of unbranched alkanes of at least 4 members (excludes halogenated alkanes) is 30.